The van der Waals surface area contributed by atoms with Crippen LogP contribution in [-0.2, 0) is 11.2 Å². The molecule has 1 fully saturated rings. The fourth-order valence-electron chi connectivity index (χ4n) is 6.28. The number of hydrogen-bond donors (Lipinski definition) is 1. The Morgan fingerprint density at radius 2 is 1.91 bits per heavy atom. The minimum atomic E-state index is -0.739. The standard InChI is InChI=1S/C34H37F2N7O2/c1-5-29(44)41-13-14-42(21(4)19-41)32-25-17-27(36)31-24-16-23(10-11-26(24)35)37-12-8-6-7-9-22-15-28(30(20(2)3)38-18-22)43(33(25)39-31)34(45)40-32/h5,10-11,15-18,20-21,37H,1,6-9,12-14,19H2,2-4H3/t21-/m0/s1. The lowest BCUT2D eigenvalue weighted by atomic mass is 10.0. The van der Waals surface area contributed by atoms with E-state index in [1.807, 2.05) is 37.9 Å². The predicted molar refractivity (Wildman–Crippen MR) is 172 cm³/mol. The third-order valence-electron chi connectivity index (χ3n) is 8.62. The minimum absolute atomic E-state index is 0.00951. The zero-order valence-corrected chi connectivity index (χ0v) is 25.8. The summed E-state index contributed by atoms with van der Waals surface area (Å²) in [5, 5.41) is 3.62. The number of amides is 1. The number of benzene rings is 1. The monoisotopic (exact) mass is 613 g/mol. The fraction of sp³-hybridized carbons (Fsp3) is 0.382. The van der Waals surface area contributed by atoms with Crippen LogP contribution < -0.4 is 15.9 Å². The highest BCUT2D eigenvalue weighted by molar-refractivity contribution is 5.91. The predicted octanol–water partition coefficient (Wildman–Crippen LogP) is 5.61. The minimum Gasteiger partial charge on any atom is -0.385 e. The van der Waals surface area contributed by atoms with Crippen LogP contribution in [0.2, 0.25) is 0 Å². The second kappa shape index (κ2) is 12.4. The van der Waals surface area contributed by atoms with Crippen molar-refractivity contribution in [2.24, 2.45) is 0 Å². The van der Waals surface area contributed by atoms with E-state index in [1.54, 1.807) is 17.0 Å². The van der Waals surface area contributed by atoms with Crippen LogP contribution in [0.1, 0.15) is 57.2 Å². The number of pyridine rings is 2. The molecule has 3 aromatic heterocycles. The molecule has 4 aromatic rings. The van der Waals surface area contributed by atoms with Crippen molar-refractivity contribution in [2.75, 3.05) is 36.4 Å². The van der Waals surface area contributed by atoms with E-state index in [-0.39, 0.29) is 40.6 Å². The molecule has 9 nitrogen and oxygen atoms in total. The van der Waals surface area contributed by atoms with Gasteiger partial charge in [-0.3, -0.25) is 9.78 Å². The van der Waals surface area contributed by atoms with Gasteiger partial charge in [-0.25, -0.2) is 23.1 Å². The molecule has 45 heavy (non-hydrogen) atoms. The molecular formula is C34H37F2N7O2. The van der Waals surface area contributed by atoms with Crippen LogP contribution in [0, 0.1) is 11.6 Å². The molecule has 2 aliphatic rings. The number of piperazine rings is 1. The molecular weight excluding hydrogens is 576 g/mol. The Kier molecular flexibility index (Phi) is 8.35. The Morgan fingerprint density at radius 3 is 2.67 bits per heavy atom. The van der Waals surface area contributed by atoms with Gasteiger partial charge < -0.3 is 15.1 Å². The molecule has 11 heteroatoms. The largest absolute Gasteiger partial charge is 0.385 e. The maximum Gasteiger partial charge on any atom is 0.355 e. The third-order valence-corrected chi connectivity index (χ3v) is 8.62. The third kappa shape index (κ3) is 5.79. The lowest BCUT2D eigenvalue weighted by molar-refractivity contribution is -0.126. The maximum atomic E-state index is 16.1. The number of aromatic nitrogens is 4. The molecule has 0 aliphatic carbocycles. The van der Waals surface area contributed by atoms with Crippen LogP contribution in [0.3, 0.4) is 0 Å². The normalized spacial score (nSPS) is 17.1. The Labute approximate surface area is 260 Å². The Hall–Kier alpha value is -4.67. The molecule has 1 atom stereocenters. The number of anilines is 2. The topological polar surface area (TPSA) is 96.3 Å². The molecule has 0 saturated carbocycles. The first-order valence-corrected chi connectivity index (χ1v) is 15.5. The average molecular weight is 614 g/mol. The van der Waals surface area contributed by atoms with Crippen molar-refractivity contribution >= 4 is 28.4 Å². The first-order chi connectivity index (χ1) is 21.7. The summed E-state index contributed by atoms with van der Waals surface area (Å²) in [7, 11) is 0. The molecule has 0 unspecified atom stereocenters. The zero-order valence-electron chi connectivity index (χ0n) is 25.8. The van der Waals surface area contributed by atoms with Crippen LogP contribution >= 0.6 is 0 Å². The van der Waals surface area contributed by atoms with E-state index in [0.717, 1.165) is 31.2 Å². The van der Waals surface area contributed by atoms with Gasteiger partial charge in [0.15, 0.2) is 5.65 Å². The van der Waals surface area contributed by atoms with Crippen LogP contribution in [0.25, 0.3) is 28.0 Å². The number of halogens is 2. The number of carbonyl (C=O) groups excluding carboxylic acids is 1. The van der Waals surface area contributed by atoms with Gasteiger partial charge in [0.05, 0.1) is 16.8 Å². The van der Waals surface area contributed by atoms with Crippen molar-refractivity contribution in [1.82, 2.24) is 24.4 Å². The van der Waals surface area contributed by atoms with Crippen LogP contribution in [0.15, 0.2) is 54.0 Å². The Bertz CT molecular complexity index is 1860. The lowest BCUT2D eigenvalue weighted by Crippen LogP contribution is -2.54. The van der Waals surface area contributed by atoms with Gasteiger partial charge in [-0.2, -0.15) is 4.98 Å². The maximum absolute atomic E-state index is 16.1. The summed E-state index contributed by atoms with van der Waals surface area (Å²) in [5.74, 6) is -1.32. The van der Waals surface area contributed by atoms with Gasteiger partial charge in [0.2, 0.25) is 5.91 Å². The van der Waals surface area contributed by atoms with E-state index in [0.29, 0.717) is 48.6 Å². The molecule has 1 aromatic carbocycles. The Morgan fingerprint density at radius 1 is 1.09 bits per heavy atom. The van der Waals surface area contributed by atoms with Crippen LogP contribution in [-0.4, -0.2) is 62.5 Å². The lowest BCUT2D eigenvalue weighted by Gasteiger charge is -2.40. The summed E-state index contributed by atoms with van der Waals surface area (Å²) in [5.41, 5.74) is 2.17. The van der Waals surface area contributed by atoms with Crippen molar-refractivity contribution in [2.45, 2.75) is 58.4 Å². The molecule has 0 spiro atoms. The van der Waals surface area contributed by atoms with Crippen molar-refractivity contribution in [3.05, 3.63) is 82.6 Å². The molecule has 5 heterocycles. The molecule has 1 N–H and O–H groups in total. The van der Waals surface area contributed by atoms with E-state index in [2.05, 4.69) is 16.9 Å². The highest BCUT2D eigenvalue weighted by Crippen LogP contribution is 2.34. The van der Waals surface area contributed by atoms with Gasteiger partial charge in [-0.15, -0.1) is 0 Å². The van der Waals surface area contributed by atoms with Crippen LogP contribution in [0.5, 0.6) is 0 Å². The van der Waals surface area contributed by atoms with E-state index in [4.69, 9.17) is 9.97 Å². The summed E-state index contributed by atoms with van der Waals surface area (Å²) in [6.45, 7) is 11.3. The second-order valence-corrected chi connectivity index (χ2v) is 12.1. The molecule has 6 bridgehead atoms. The smallest absolute Gasteiger partial charge is 0.355 e. The molecule has 1 amide bonds. The summed E-state index contributed by atoms with van der Waals surface area (Å²) < 4.78 is 32.9. The summed E-state index contributed by atoms with van der Waals surface area (Å²) in [6.07, 6.45) is 6.69. The molecule has 234 valence electrons. The molecule has 0 radical (unpaired) electrons. The zero-order chi connectivity index (χ0) is 31.8. The van der Waals surface area contributed by atoms with E-state index < -0.39 is 17.3 Å². The number of nitrogens with zero attached hydrogens (tertiary/aromatic N) is 6. The molecule has 2 aliphatic heterocycles. The highest BCUT2D eigenvalue weighted by Gasteiger charge is 2.30. The van der Waals surface area contributed by atoms with E-state index >= 15 is 8.78 Å². The highest BCUT2D eigenvalue weighted by atomic mass is 19.1. The van der Waals surface area contributed by atoms with Gasteiger partial charge >= 0.3 is 5.69 Å². The number of nitrogens with one attached hydrogen (secondary N) is 1. The van der Waals surface area contributed by atoms with Gasteiger partial charge in [0, 0.05) is 49.7 Å². The number of hydrogen-bond acceptors (Lipinski definition) is 7. The SMILES string of the molecule is C=CC(=O)N1CCN(c2nc(=O)n3c4nc(c(F)cc24)-c2cc(ccc2F)NCCCCCc2cnc(C(C)C)c-3c2)[C@@H](C)C1. The molecule has 6 rings (SSSR count). The summed E-state index contributed by atoms with van der Waals surface area (Å²) in [4.78, 5) is 44.0. The Balaban J connectivity index is 1.64. The van der Waals surface area contributed by atoms with Gasteiger partial charge in [-0.05, 0) is 74.1 Å². The summed E-state index contributed by atoms with van der Waals surface area (Å²) in [6, 6.07) is 7.48. The summed E-state index contributed by atoms with van der Waals surface area (Å²) >= 11 is 0. The second-order valence-electron chi connectivity index (χ2n) is 12.1. The number of aryl methyl sites for hydroxylation is 1. The van der Waals surface area contributed by atoms with Crippen molar-refractivity contribution in [3.8, 4) is 16.9 Å². The number of rotatable bonds is 3. The van der Waals surface area contributed by atoms with Crippen molar-refractivity contribution < 1.29 is 13.6 Å². The first-order valence-electron chi connectivity index (χ1n) is 15.5. The van der Waals surface area contributed by atoms with E-state index in [9.17, 15) is 9.59 Å². The average Bonchev–Trinajstić information content (AvgIpc) is 3.02. The van der Waals surface area contributed by atoms with Gasteiger partial charge in [0.1, 0.15) is 23.1 Å². The number of fused-ring (bicyclic) bond motifs is 7. The van der Waals surface area contributed by atoms with Gasteiger partial charge in [0.25, 0.3) is 0 Å². The number of carbonyl (C=O) groups is 1. The quantitative estimate of drug-likeness (QED) is 0.300. The van der Waals surface area contributed by atoms with Crippen molar-refractivity contribution in [3.63, 3.8) is 0 Å². The molecule has 1 saturated heterocycles. The van der Waals surface area contributed by atoms with Gasteiger partial charge in [-0.1, -0.05) is 26.8 Å². The van der Waals surface area contributed by atoms with Crippen molar-refractivity contribution in [1.29, 1.82) is 0 Å². The fourth-order valence-corrected chi connectivity index (χ4v) is 6.28. The van der Waals surface area contributed by atoms with E-state index in [1.165, 1.54) is 22.8 Å². The van der Waals surface area contributed by atoms with Crippen LogP contribution in [0.4, 0.5) is 20.3 Å². The first kappa shape index (κ1) is 30.4.